The average molecular weight is 285 g/mol. The maximum absolute atomic E-state index is 11.7. The average Bonchev–Trinajstić information content (AvgIpc) is 2.40. The van der Waals surface area contributed by atoms with Gasteiger partial charge in [-0.1, -0.05) is 23.7 Å². The summed E-state index contributed by atoms with van der Waals surface area (Å²) >= 11 is 5.80. The van der Waals surface area contributed by atoms with Crippen molar-refractivity contribution in [2.45, 2.75) is 19.4 Å². The highest BCUT2D eigenvalue weighted by Crippen LogP contribution is 2.09. The number of likely N-dealkylation sites (N-methyl/N-ethyl adjacent to an activating group) is 1. The molecule has 1 rings (SSSR count). The fourth-order valence-electron chi connectivity index (χ4n) is 1.57. The van der Waals surface area contributed by atoms with Crippen LogP contribution < -0.4 is 5.32 Å². The topological polar surface area (TPSA) is 52.6 Å². The third kappa shape index (κ3) is 6.05. The molecule has 0 heterocycles. The van der Waals surface area contributed by atoms with Crippen LogP contribution in [0.1, 0.15) is 12.5 Å². The highest BCUT2D eigenvalue weighted by Gasteiger charge is 2.11. The van der Waals surface area contributed by atoms with Gasteiger partial charge < -0.3 is 10.4 Å². The minimum atomic E-state index is -0.0308. The van der Waals surface area contributed by atoms with Crippen molar-refractivity contribution in [3.63, 3.8) is 0 Å². The van der Waals surface area contributed by atoms with E-state index in [9.17, 15) is 4.79 Å². The Morgan fingerprint density at radius 2 is 2.05 bits per heavy atom. The lowest BCUT2D eigenvalue weighted by molar-refractivity contribution is -0.122. The minimum Gasteiger partial charge on any atom is -0.395 e. The number of aliphatic hydroxyl groups excluding tert-OH is 1. The molecule has 0 aromatic heterocycles. The smallest absolute Gasteiger partial charge is 0.234 e. The zero-order chi connectivity index (χ0) is 14.3. The number of hydrogen-bond acceptors (Lipinski definition) is 3. The van der Waals surface area contributed by atoms with Crippen molar-refractivity contribution in [2.24, 2.45) is 0 Å². The first-order valence-corrected chi connectivity index (χ1v) is 6.73. The molecule has 4 nitrogen and oxygen atoms in total. The monoisotopic (exact) mass is 284 g/mol. The van der Waals surface area contributed by atoms with Gasteiger partial charge in [0.15, 0.2) is 0 Å². The van der Waals surface area contributed by atoms with Crippen LogP contribution in [0.15, 0.2) is 24.3 Å². The first-order chi connectivity index (χ1) is 9.02. The number of carbonyl (C=O) groups excluding carboxylic acids is 1. The predicted octanol–water partition coefficient (Wildman–Crippen LogP) is 1.31. The molecule has 0 aliphatic heterocycles. The first-order valence-electron chi connectivity index (χ1n) is 6.35. The van der Waals surface area contributed by atoms with Gasteiger partial charge in [0, 0.05) is 17.6 Å². The normalized spacial score (nSPS) is 12.5. The Bertz CT molecular complexity index is 395. The van der Waals surface area contributed by atoms with Gasteiger partial charge in [0.05, 0.1) is 13.2 Å². The van der Waals surface area contributed by atoms with Crippen LogP contribution in [-0.2, 0) is 11.2 Å². The number of halogens is 1. The van der Waals surface area contributed by atoms with E-state index in [0.717, 1.165) is 12.0 Å². The van der Waals surface area contributed by atoms with E-state index >= 15 is 0 Å². The van der Waals surface area contributed by atoms with Crippen LogP contribution in [0.3, 0.4) is 0 Å². The zero-order valence-electron chi connectivity index (χ0n) is 11.4. The number of nitrogens with zero attached hydrogens (tertiary/aromatic N) is 1. The molecule has 0 bridgehead atoms. The molecule has 0 saturated carbocycles. The molecule has 1 amide bonds. The predicted molar refractivity (Wildman–Crippen MR) is 77.3 cm³/mol. The van der Waals surface area contributed by atoms with Crippen LogP contribution in [0.5, 0.6) is 0 Å². The highest BCUT2D eigenvalue weighted by molar-refractivity contribution is 6.30. The van der Waals surface area contributed by atoms with Crippen LogP contribution in [0.4, 0.5) is 0 Å². The Morgan fingerprint density at radius 1 is 1.42 bits per heavy atom. The quantitative estimate of drug-likeness (QED) is 0.794. The van der Waals surface area contributed by atoms with Crippen LogP contribution in [-0.4, -0.2) is 48.7 Å². The van der Waals surface area contributed by atoms with E-state index in [1.54, 1.807) is 0 Å². The maximum atomic E-state index is 11.7. The molecule has 1 aromatic rings. The lowest BCUT2D eigenvalue weighted by atomic mass is 10.1. The summed E-state index contributed by atoms with van der Waals surface area (Å²) in [7, 11) is 1.82. The van der Waals surface area contributed by atoms with E-state index in [-0.39, 0.29) is 18.6 Å². The number of aliphatic hydroxyl groups is 1. The fraction of sp³-hybridized carbons (Fsp3) is 0.500. The van der Waals surface area contributed by atoms with Crippen molar-refractivity contribution >= 4 is 17.5 Å². The zero-order valence-corrected chi connectivity index (χ0v) is 12.2. The molecule has 0 fully saturated rings. The number of nitrogens with one attached hydrogen (secondary N) is 1. The van der Waals surface area contributed by atoms with Gasteiger partial charge in [0.2, 0.25) is 5.91 Å². The number of carbonyl (C=O) groups is 1. The van der Waals surface area contributed by atoms with Crippen molar-refractivity contribution < 1.29 is 9.90 Å². The van der Waals surface area contributed by atoms with Crippen LogP contribution in [0.25, 0.3) is 0 Å². The van der Waals surface area contributed by atoms with Gasteiger partial charge >= 0.3 is 0 Å². The Kier molecular flexibility index (Phi) is 6.84. The Hall–Kier alpha value is -1.10. The molecule has 0 aliphatic carbocycles. The van der Waals surface area contributed by atoms with Gasteiger partial charge in [-0.25, -0.2) is 0 Å². The van der Waals surface area contributed by atoms with Crippen molar-refractivity contribution in [3.8, 4) is 0 Å². The Morgan fingerprint density at radius 3 is 2.63 bits per heavy atom. The molecule has 0 spiro atoms. The van der Waals surface area contributed by atoms with Crippen molar-refractivity contribution in [1.82, 2.24) is 10.2 Å². The molecule has 0 saturated heterocycles. The van der Waals surface area contributed by atoms with Gasteiger partial charge in [-0.15, -0.1) is 0 Å². The second kappa shape index (κ2) is 8.15. The third-order valence-electron chi connectivity index (χ3n) is 3.06. The van der Waals surface area contributed by atoms with Crippen LogP contribution >= 0.6 is 11.6 Å². The number of hydrogen-bond donors (Lipinski definition) is 2. The molecule has 106 valence electrons. The lowest BCUT2D eigenvalue weighted by Gasteiger charge is -2.21. The summed E-state index contributed by atoms with van der Waals surface area (Å²) in [6, 6.07) is 7.58. The molecule has 1 atom stereocenters. The largest absolute Gasteiger partial charge is 0.395 e. The van der Waals surface area contributed by atoms with Gasteiger partial charge in [-0.3, -0.25) is 9.69 Å². The number of amides is 1. The summed E-state index contributed by atoms with van der Waals surface area (Å²) in [6.45, 7) is 2.82. The molecule has 1 aromatic carbocycles. The second-order valence-corrected chi connectivity index (χ2v) is 5.11. The van der Waals surface area contributed by atoms with E-state index < -0.39 is 0 Å². The van der Waals surface area contributed by atoms with E-state index in [1.807, 2.05) is 43.1 Å². The highest BCUT2D eigenvalue weighted by atomic mass is 35.5. The fourth-order valence-corrected chi connectivity index (χ4v) is 1.70. The van der Waals surface area contributed by atoms with Gasteiger partial charge in [0.25, 0.3) is 0 Å². The first kappa shape index (κ1) is 16.0. The summed E-state index contributed by atoms with van der Waals surface area (Å²) in [5.41, 5.74) is 1.14. The van der Waals surface area contributed by atoms with Gasteiger partial charge in [-0.05, 0) is 38.1 Å². The summed E-state index contributed by atoms with van der Waals surface area (Å²) in [4.78, 5) is 13.5. The summed E-state index contributed by atoms with van der Waals surface area (Å²) in [5.74, 6) is -0.0308. The van der Waals surface area contributed by atoms with Gasteiger partial charge in [-0.2, -0.15) is 0 Å². The van der Waals surface area contributed by atoms with E-state index in [2.05, 4.69) is 5.32 Å². The van der Waals surface area contributed by atoms with E-state index in [0.29, 0.717) is 18.1 Å². The number of rotatable bonds is 7. The maximum Gasteiger partial charge on any atom is 0.234 e. The molecule has 1 unspecified atom stereocenters. The lowest BCUT2D eigenvalue weighted by Crippen LogP contribution is -2.41. The van der Waals surface area contributed by atoms with Gasteiger partial charge in [0.1, 0.15) is 0 Å². The Labute approximate surface area is 119 Å². The third-order valence-corrected chi connectivity index (χ3v) is 3.31. The second-order valence-electron chi connectivity index (χ2n) is 4.67. The molecule has 5 heteroatoms. The molecule has 0 radical (unpaired) electrons. The van der Waals surface area contributed by atoms with Crippen LogP contribution in [0.2, 0.25) is 5.02 Å². The molecule has 2 N–H and O–H groups in total. The van der Waals surface area contributed by atoms with Crippen LogP contribution in [0, 0.1) is 0 Å². The number of benzene rings is 1. The molecule has 19 heavy (non-hydrogen) atoms. The summed E-state index contributed by atoms with van der Waals surface area (Å²) < 4.78 is 0. The van der Waals surface area contributed by atoms with E-state index in [1.165, 1.54) is 0 Å². The Balaban J connectivity index is 2.25. The standard InChI is InChI=1S/C14H21ClN2O2/c1-11(10-18)17(2)9-14(19)16-8-7-12-3-5-13(15)6-4-12/h3-6,11,18H,7-10H2,1-2H3,(H,16,19). The molecular formula is C14H21ClN2O2. The molecule has 0 aliphatic rings. The van der Waals surface area contributed by atoms with Crippen molar-refractivity contribution in [2.75, 3.05) is 26.7 Å². The van der Waals surface area contributed by atoms with Crippen molar-refractivity contribution in [1.29, 1.82) is 0 Å². The summed E-state index contributed by atoms with van der Waals surface area (Å²) in [6.07, 6.45) is 0.780. The SMILES string of the molecule is CC(CO)N(C)CC(=O)NCCc1ccc(Cl)cc1. The molecular weight excluding hydrogens is 264 g/mol. The van der Waals surface area contributed by atoms with E-state index in [4.69, 9.17) is 16.7 Å². The summed E-state index contributed by atoms with van der Waals surface area (Å²) in [5, 5.41) is 12.6. The minimum absolute atomic E-state index is 0.0120. The van der Waals surface area contributed by atoms with Crippen molar-refractivity contribution in [3.05, 3.63) is 34.9 Å².